The second-order valence-electron chi connectivity index (χ2n) is 6.74. The molecule has 21 heavy (non-hydrogen) atoms. The summed E-state index contributed by atoms with van der Waals surface area (Å²) < 4.78 is 5.08. The third-order valence-electron chi connectivity index (χ3n) is 3.99. The zero-order valence-electron chi connectivity index (χ0n) is 13.1. The van der Waals surface area contributed by atoms with Crippen LogP contribution in [0.1, 0.15) is 45.6 Å². The van der Waals surface area contributed by atoms with E-state index >= 15 is 0 Å². The van der Waals surface area contributed by atoms with E-state index in [1.54, 1.807) is 0 Å². The highest BCUT2D eigenvalue weighted by molar-refractivity contribution is 5.94. The van der Waals surface area contributed by atoms with Gasteiger partial charge in [0.25, 0.3) is 0 Å². The Bertz CT molecular complexity index is 519. The summed E-state index contributed by atoms with van der Waals surface area (Å²) in [5.74, 6) is -0.0819. The number of imide groups is 1. The van der Waals surface area contributed by atoms with Crippen molar-refractivity contribution in [2.75, 3.05) is 6.61 Å². The van der Waals surface area contributed by atoms with E-state index in [9.17, 15) is 9.59 Å². The normalized spacial score (nSPS) is 20.3. The van der Waals surface area contributed by atoms with E-state index in [1.807, 2.05) is 58.0 Å². The standard InChI is InChI=1S/C17H23NO3/c1-12(13-8-6-5-7-9-13)10-15(19)18-14(17(2,3)4)11-21-16(18)20/h5-9,12,14H,10-11H2,1-4H3/t12-,14+/m0/s1. The molecule has 114 valence electrons. The molecule has 0 spiro atoms. The second-order valence-corrected chi connectivity index (χ2v) is 6.74. The van der Waals surface area contributed by atoms with E-state index in [0.717, 1.165) is 5.56 Å². The van der Waals surface area contributed by atoms with E-state index in [4.69, 9.17) is 4.74 Å². The van der Waals surface area contributed by atoms with Gasteiger partial charge in [-0.15, -0.1) is 0 Å². The Morgan fingerprint density at radius 2 is 1.95 bits per heavy atom. The number of cyclic esters (lactones) is 1. The number of amides is 2. The van der Waals surface area contributed by atoms with Crippen LogP contribution < -0.4 is 0 Å². The minimum absolute atomic E-state index is 0.0766. The van der Waals surface area contributed by atoms with Crippen LogP contribution in [0.25, 0.3) is 0 Å². The summed E-state index contributed by atoms with van der Waals surface area (Å²) in [4.78, 5) is 25.7. The van der Waals surface area contributed by atoms with Gasteiger partial charge in [-0.3, -0.25) is 4.79 Å². The van der Waals surface area contributed by atoms with Crippen LogP contribution in [0.15, 0.2) is 30.3 Å². The van der Waals surface area contributed by atoms with Crippen molar-refractivity contribution in [1.82, 2.24) is 4.90 Å². The van der Waals surface area contributed by atoms with Crippen LogP contribution in [-0.4, -0.2) is 29.5 Å². The number of hydrogen-bond donors (Lipinski definition) is 0. The molecular weight excluding hydrogens is 266 g/mol. The molecule has 2 rings (SSSR count). The topological polar surface area (TPSA) is 46.6 Å². The number of carbonyl (C=O) groups is 2. The van der Waals surface area contributed by atoms with Crippen LogP contribution in [-0.2, 0) is 9.53 Å². The maximum atomic E-state index is 12.5. The molecule has 4 heteroatoms. The molecule has 1 aromatic carbocycles. The molecule has 4 nitrogen and oxygen atoms in total. The molecule has 1 heterocycles. The van der Waals surface area contributed by atoms with E-state index in [0.29, 0.717) is 6.42 Å². The van der Waals surface area contributed by atoms with Crippen molar-refractivity contribution in [2.24, 2.45) is 5.41 Å². The Morgan fingerprint density at radius 1 is 1.33 bits per heavy atom. The molecule has 1 aliphatic rings. The summed E-state index contributed by atoms with van der Waals surface area (Å²) in [6.07, 6.45) is -0.203. The van der Waals surface area contributed by atoms with Crippen LogP contribution in [0.5, 0.6) is 0 Å². The van der Waals surface area contributed by atoms with Gasteiger partial charge >= 0.3 is 6.09 Å². The summed E-state index contributed by atoms with van der Waals surface area (Å²) in [7, 11) is 0. The maximum Gasteiger partial charge on any atom is 0.416 e. The Hall–Kier alpha value is -1.84. The first-order chi connectivity index (χ1) is 9.80. The average Bonchev–Trinajstić information content (AvgIpc) is 2.81. The van der Waals surface area contributed by atoms with Gasteiger partial charge in [-0.2, -0.15) is 0 Å². The van der Waals surface area contributed by atoms with E-state index in [1.165, 1.54) is 4.90 Å². The molecule has 1 aromatic rings. The molecule has 0 unspecified atom stereocenters. The highest BCUT2D eigenvalue weighted by Gasteiger charge is 2.44. The van der Waals surface area contributed by atoms with Gasteiger partial charge in [0.1, 0.15) is 6.61 Å². The summed E-state index contributed by atoms with van der Waals surface area (Å²) in [5, 5.41) is 0. The fourth-order valence-corrected chi connectivity index (χ4v) is 2.59. The highest BCUT2D eigenvalue weighted by Crippen LogP contribution is 2.31. The van der Waals surface area contributed by atoms with Crippen molar-refractivity contribution in [3.63, 3.8) is 0 Å². The van der Waals surface area contributed by atoms with Crippen molar-refractivity contribution in [1.29, 1.82) is 0 Å². The molecule has 0 aromatic heterocycles. The zero-order valence-corrected chi connectivity index (χ0v) is 13.1. The third kappa shape index (κ3) is 3.43. The molecule has 0 N–H and O–H groups in total. The largest absolute Gasteiger partial charge is 0.447 e. The number of nitrogens with zero attached hydrogens (tertiary/aromatic N) is 1. The van der Waals surface area contributed by atoms with Crippen LogP contribution in [0.3, 0.4) is 0 Å². The number of benzene rings is 1. The van der Waals surface area contributed by atoms with Crippen LogP contribution in [0.2, 0.25) is 0 Å². The van der Waals surface area contributed by atoms with Crippen LogP contribution in [0.4, 0.5) is 4.79 Å². The van der Waals surface area contributed by atoms with Gasteiger partial charge in [-0.05, 0) is 16.9 Å². The lowest BCUT2D eigenvalue weighted by atomic mass is 9.86. The third-order valence-corrected chi connectivity index (χ3v) is 3.99. The lowest BCUT2D eigenvalue weighted by Gasteiger charge is -2.31. The average molecular weight is 289 g/mol. The van der Waals surface area contributed by atoms with E-state index in [2.05, 4.69) is 0 Å². The number of rotatable bonds is 3. The summed E-state index contributed by atoms with van der Waals surface area (Å²) in [5.41, 5.74) is 0.920. The highest BCUT2D eigenvalue weighted by atomic mass is 16.6. The van der Waals surface area contributed by atoms with Gasteiger partial charge in [-0.25, -0.2) is 9.69 Å². The van der Waals surface area contributed by atoms with Crippen LogP contribution >= 0.6 is 0 Å². The fraction of sp³-hybridized carbons (Fsp3) is 0.529. The van der Waals surface area contributed by atoms with Gasteiger partial charge in [0.2, 0.25) is 5.91 Å². The Kier molecular flexibility index (Phi) is 4.35. The first-order valence-corrected chi connectivity index (χ1v) is 7.34. The monoisotopic (exact) mass is 289 g/mol. The lowest BCUT2D eigenvalue weighted by molar-refractivity contribution is -0.131. The van der Waals surface area contributed by atoms with Gasteiger partial charge in [-0.1, -0.05) is 58.0 Å². The molecule has 0 bridgehead atoms. The lowest BCUT2D eigenvalue weighted by Crippen LogP contribution is -2.46. The molecule has 0 radical (unpaired) electrons. The minimum Gasteiger partial charge on any atom is -0.447 e. The Labute approximate surface area is 126 Å². The number of ether oxygens (including phenoxy) is 1. The zero-order chi connectivity index (χ0) is 15.6. The van der Waals surface area contributed by atoms with Crippen LogP contribution in [0, 0.1) is 5.41 Å². The van der Waals surface area contributed by atoms with Crippen molar-refractivity contribution in [3.8, 4) is 0 Å². The molecule has 1 fully saturated rings. The smallest absolute Gasteiger partial charge is 0.416 e. The quantitative estimate of drug-likeness (QED) is 0.854. The molecule has 1 aliphatic heterocycles. The fourth-order valence-electron chi connectivity index (χ4n) is 2.59. The van der Waals surface area contributed by atoms with Crippen molar-refractivity contribution >= 4 is 12.0 Å². The number of hydrogen-bond acceptors (Lipinski definition) is 3. The van der Waals surface area contributed by atoms with E-state index < -0.39 is 6.09 Å². The molecule has 0 saturated carbocycles. The number of carbonyl (C=O) groups excluding carboxylic acids is 2. The molecule has 0 aliphatic carbocycles. The predicted octanol–water partition coefficient (Wildman–Crippen LogP) is 3.57. The molecule has 1 saturated heterocycles. The summed E-state index contributed by atoms with van der Waals surface area (Å²) >= 11 is 0. The maximum absolute atomic E-state index is 12.5. The summed E-state index contributed by atoms with van der Waals surface area (Å²) in [6.45, 7) is 8.33. The first kappa shape index (κ1) is 15.5. The molecular formula is C17H23NO3. The summed E-state index contributed by atoms with van der Waals surface area (Å²) in [6, 6.07) is 9.67. The van der Waals surface area contributed by atoms with Crippen molar-refractivity contribution in [3.05, 3.63) is 35.9 Å². The van der Waals surface area contributed by atoms with E-state index in [-0.39, 0.29) is 29.9 Å². The Balaban J connectivity index is 2.10. The van der Waals surface area contributed by atoms with Crippen molar-refractivity contribution in [2.45, 2.75) is 46.1 Å². The van der Waals surface area contributed by atoms with Gasteiger partial charge in [0, 0.05) is 6.42 Å². The molecule has 2 amide bonds. The first-order valence-electron chi connectivity index (χ1n) is 7.34. The minimum atomic E-state index is -0.514. The Morgan fingerprint density at radius 3 is 2.52 bits per heavy atom. The van der Waals surface area contributed by atoms with Gasteiger partial charge < -0.3 is 4.74 Å². The van der Waals surface area contributed by atoms with Gasteiger partial charge in [0.15, 0.2) is 0 Å². The molecule has 2 atom stereocenters. The second kappa shape index (κ2) is 5.88. The predicted molar refractivity (Wildman–Crippen MR) is 80.9 cm³/mol. The SMILES string of the molecule is C[C@@H](CC(=O)N1C(=O)OC[C@@H]1C(C)(C)C)c1ccccc1. The van der Waals surface area contributed by atoms with Gasteiger partial charge in [0.05, 0.1) is 6.04 Å². The van der Waals surface area contributed by atoms with Crippen molar-refractivity contribution < 1.29 is 14.3 Å².